The molecule has 2 atom stereocenters. The average molecular weight is 568 g/mol. The van der Waals surface area contributed by atoms with E-state index in [1.54, 1.807) is 12.1 Å². The Balaban J connectivity index is 1.86. The predicted molar refractivity (Wildman–Crippen MR) is 139 cm³/mol. The third kappa shape index (κ3) is 6.93. The van der Waals surface area contributed by atoms with Crippen molar-refractivity contribution in [3.05, 3.63) is 57.6 Å². The van der Waals surface area contributed by atoms with E-state index in [0.29, 0.717) is 17.0 Å². The molecule has 2 aromatic heterocycles. The molecule has 0 aliphatic rings. The van der Waals surface area contributed by atoms with E-state index in [2.05, 4.69) is 36.9 Å². The number of carbonyl (C=O) groups is 1. The summed E-state index contributed by atoms with van der Waals surface area (Å²) in [6.45, 7) is 4.96. The van der Waals surface area contributed by atoms with Crippen molar-refractivity contribution in [2.75, 3.05) is 7.11 Å². The number of halogens is 4. The SMILES string of the molecule is CCC[C@@H](C)Oc1ccc(-c2nc(-c3cc(CNC(=O)C(CC)(OC)C(F)(F)F)ccc3Cl)[nH]c(=O)n2)cn1. The Morgan fingerprint density at radius 1 is 1.18 bits per heavy atom. The van der Waals surface area contributed by atoms with Gasteiger partial charge < -0.3 is 14.8 Å². The van der Waals surface area contributed by atoms with Gasteiger partial charge in [-0.25, -0.2) is 14.8 Å². The number of benzene rings is 1. The summed E-state index contributed by atoms with van der Waals surface area (Å²) in [5.74, 6) is -0.732. The van der Waals surface area contributed by atoms with Crippen molar-refractivity contribution in [1.82, 2.24) is 25.3 Å². The van der Waals surface area contributed by atoms with Gasteiger partial charge in [0.05, 0.1) is 11.1 Å². The molecule has 0 saturated heterocycles. The first-order valence-electron chi connectivity index (χ1n) is 12.2. The molecular weight excluding hydrogens is 539 g/mol. The maximum Gasteiger partial charge on any atom is 0.426 e. The van der Waals surface area contributed by atoms with Gasteiger partial charge in [0, 0.05) is 37.0 Å². The molecule has 0 aliphatic carbocycles. The molecule has 0 saturated carbocycles. The Labute approximate surface area is 228 Å². The smallest absolute Gasteiger partial charge is 0.426 e. The van der Waals surface area contributed by atoms with Crippen molar-refractivity contribution in [1.29, 1.82) is 0 Å². The zero-order valence-electron chi connectivity index (χ0n) is 21.9. The van der Waals surface area contributed by atoms with Crippen LogP contribution in [0.25, 0.3) is 22.8 Å². The van der Waals surface area contributed by atoms with E-state index in [4.69, 9.17) is 16.3 Å². The summed E-state index contributed by atoms with van der Waals surface area (Å²) in [4.78, 5) is 39.9. The average Bonchev–Trinajstić information content (AvgIpc) is 2.88. The fourth-order valence-corrected chi connectivity index (χ4v) is 4.13. The van der Waals surface area contributed by atoms with E-state index in [1.165, 1.54) is 31.3 Å². The van der Waals surface area contributed by atoms with Gasteiger partial charge in [-0.1, -0.05) is 37.9 Å². The molecule has 3 rings (SSSR count). The van der Waals surface area contributed by atoms with E-state index in [0.717, 1.165) is 20.0 Å². The number of hydrogen-bond donors (Lipinski definition) is 2. The third-order valence-corrected chi connectivity index (χ3v) is 6.40. The fraction of sp³-hybridized carbons (Fsp3) is 0.423. The fourth-order valence-electron chi connectivity index (χ4n) is 3.93. The summed E-state index contributed by atoms with van der Waals surface area (Å²) >= 11 is 6.35. The first-order valence-corrected chi connectivity index (χ1v) is 12.6. The summed E-state index contributed by atoms with van der Waals surface area (Å²) in [5.41, 5.74) is -2.51. The molecule has 1 unspecified atom stereocenters. The second-order valence-corrected chi connectivity index (χ2v) is 9.21. The number of amides is 1. The molecule has 3 aromatic rings. The van der Waals surface area contributed by atoms with E-state index < -0.39 is 29.8 Å². The van der Waals surface area contributed by atoms with Gasteiger partial charge in [0.2, 0.25) is 11.5 Å². The molecule has 210 valence electrons. The van der Waals surface area contributed by atoms with Gasteiger partial charge in [0.1, 0.15) is 5.82 Å². The second-order valence-electron chi connectivity index (χ2n) is 8.81. The molecule has 39 heavy (non-hydrogen) atoms. The minimum atomic E-state index is -4.91. The monoisotopic (exact) mass is 567 g/mol. The normalized spacial score (nSPS) is 13.9. The highest BCUT2D eigenvalue weighted by atomic mass is 35.5. The quantitative estimate of drug-likeness (QED) is 0.331. The number of H-pyrrole nitrogens is 1. The lowest BCUT2D eigenvalue weighted by atomic mass is 9.98. The Morgan fingerprint density at radius 3 is 2.51 bits per heavy atom. The number of nitrogens with zero attached hydrogens (tertiary/aromatic N) is 3. The van der Waals surface area contributed by atoms with Gasteiger partial charge in [-0.2, -0.15) is 18.2 Å². The number of carbonyl (C=O) groups excluding carboxylic acids is 1. The van der Waals surface area contributed by atoms with Gasteiger partial charge in [-0.15, -0.1) is 0 Å². The van der Waals surface area contributed by atoms with Crippen molar-refractivity contribution in [2.24, 2.45) is 0 Å². The minimum absolute atomic E-state index is 0.00340. The van der Waals surface area contributed by atoms with Crippen LogP contribution in [0, 0.1) is 0 Å². The van der Waals surface area contributed by atoms with Gasteiger partial charge in [0.25, 0.3) is 5.91 Å². The van der Waals surface area contributed by atoms with E-state index in [-0.39, 0.29) is 34.9 Å². The highest BCUT2D eigenvalue weighted by Gasteiger charge is 2.59. The Morgan fingerprint density at radius 2 is 1.92 bits per heavy atom. The molecule has 0 aliphatic heterocycles. The minimum Gasteiger partial charge on any atom is -0.475 e. The molecule has 9 nitrogen and oxygen atoms in total. The summed E-state index contributed by atoms with van der Waals surface area (Å²) < 4.78 is 51.0. The van der Waals surface area contributed by atoms with E-state index >= 15 is 0 Å². The van der Waals surface area contributed by atoms with Gasteiger partial charge in [-0.05, 0) is 43.5 Å². The molecule has 2 heterocycles. The van der Waals surface area contributed by atoms with Crippen LogP contribution >= 0.6 is 11.6 Å². The lowest BCUT2D eigenvalue weighted by Gasteiger charge is -2.31. The number of alkyl halides is 3. The molecule has 0 radical (unpaired) electrons. The molecule has 0 spiro atoms. The van der Waals surface area contributed by atoms with Crippen LogP contribution in [0.15, 0.2) is 41.3 Å². The van der Waals surface area contributed by atoms with Crippen molar-refractivity contribution < 1.29 is 27.4 Å². The standard InChI is InChI=1S/C26H29ClF3N5O4/c1-5-7-15(3)39-20-11-9-17(14-31-20)21-33-22(35-24(37)34-21)18-12-16(8-10-19(18)27)13-32-23(36)25(6-2,38-4)26(28,29)30/h8-12,14-15H,5-7,13H2,1-4H3,(H,32,36)(H,33,34,35,37)/t15-,25?/m1/s1. The zero-order chi connectivity index (χ0) is 28.8. The van der Waals surface area contributed by atoms with Crippen molar-refractivity contribution >= 4 is 17.5 Å². The maximum atomic E-state index is 13.6. The van der Waals surface area contributed by atoms with E-state index in [9.17, 15) is 22.8 Å². The van der Waals surface area contributed by atoms with Crippen LogP contribution in [0.2, 0.25) is 5.02 Å². The first kappa shape index (κ1) is 30.0. The lowest BCUT2D eigenvalue weighted by Crippen LogP contribution is -2.57. The van der Waals surface area contributed by atoms with Crippen molar-refractivity contribution in [3.63, 3.8) is 0 Å². The van der Waals surface area contributed by atoms with Crippen LogP contribution in [0.4, 0.5) is 13.2 Å². The lowest BCUT2D eigenvalue weighted by molar-refractivity contribution is -0.261. The highest BCUT2D eigenvalue weighted by Crippen LogP contribution is 2.36. The van der Waals surface area contributed by atoms with Crippen LogP contribution < -0.4 is 15.7 Å². The van der Waals surface area contributed by atoms with Crippen LogP contribution in [0.3, 0.4) is 0 Å². The van der Waals surface area contributed by atoms with Crippen LogP contribution in [0.5, 0.6) is 5.88 Å². The number of rotatable bonds is 11. The predicted octanol–water partition coefficient (Wildman–Crippen LogP) is 5.09. The maximum absolute atomic E-state index is 13.6. The molecule has 1 amide bonds. The van der Waals surface area contributed by atoms with Crippen LogP contribution in [-0.2, 0) is 16.1 Å². The molecular formula is C26H29ClF3N5O4. The molecule has 1 aromatic carbocycles. The number of pyridine rings is 1. The Kier molecular flexibility index (Phi) is 9.68. The number of hydrogen-bond acceptors (Lipinski definition) is 7. The zero-order valence-corrected chi connectivity index (χ0v) is 22.6. The number of ether oxygens (including phenoxy) is 2. The van der Waals surface area contributed by atoms with Gasteiger partial charge >= 0.3 is 11.9 Å². The third-order valence-electron chi connectivity index (χ3n) is 6.07. The Bertz CT molecular complexity index is 1340. The van der Waals surface area contributed by atoms with Crippen LogP contribution in [-0.4, -0.2) is 50.8 Å². The molecule has 2 N–H and O–H groups in total. The van der Waals surface area contributed by atoms with Crippen molar-refractivity contribution in [2.45, 2.75) is 64.5 Å². The molecule has 13 heteroatoms. The summed E-state index contributed by atoms with van der Waals surface area (Å²) in [6, 6.07) is 7.84. The van der Waals surface area contributed by atoms with Gasteiger partial charge in [-0.3, -0.25) is 9.78 Å². The Hall–Kier alpha value is -3.51. The number of aromatic nitrogens is 4. The molecule has 0 fully saturated rings. The number of aromatic amines is 1. The number of nitrogens with one attached hydrogen (secondary N) is 2. The largest absolute Gasteiger partial charge is 0.475 e. The highest BCUT2D eigenvalue weighted by molar-refractivity contribution is 6.33. The molecule has 0 bridgehead atoms. The summed E-state index contributed by atoms with van der Waals surface area (Å²) in [6.07, 6.45) is -2.18. The van der Waals surface area contributed by atoms with Crippen LogP contribution in [0.1, 0.15) is 45.6 Å². The first-order chi connectivity index (χ1) is 18.4. The number of methoxy groups -OCH3 is 1. The van der Waals surface area contributed by atoms with Gasteiger partial charge in [0.15, 0.2) is 5.82 Å². The van der Waals surface area contributed by atoms with E-state index in [1.807, 2.05) is 6.92 Å². The summed E-state index contributed by atoms with van der Waals surface area (Å²) in [5, 5.41) is 2.48. The topological polar surface area (TPSA) is 119 Å². The summed E-state index contributed by atoms with van der Waals surface area (Å²) in [7, 11) is 0.836. The van der Waals surface area contributed by atoms with Crippen molar-refractivity contribution in [3.8, 4) is 28.7 Å². The second kappa shape index (κ2) is 12.6.